The minimum atomic E-state index is -4.67. The molecular formula is C9H5F3N2O2. The molecule has 2 aromatic rings. The van der Waals surface area contributed by atoms with Crippen LogP contribution in [0.1, 0.15) is 16.1 Å². The molecular weight excluding hydrogens is 225 g/mol. The topological polar surface area (TPSA) is 66.0 Å². The summed E-state index contributed by atoms with van der Waals surface area (Å²) < 4.78 is 37.7. The lowest BCUT2D eigenvalue weighted by atomic mass is 10.1. The Labute approximate surface area is 86.7 Å². The largest absolute Gasteiger partial charge is 0.478 e. The van der Waals surface area contributed by atoms with Crippen LogP contribution in [0.25, 0.3) is 10.9 Å². The molecule has 0 aliphatic rings. The van der Waals surface area contributed by atoms with Crippen molar-refractivity contribution in [3.05, 3.63) is 29.7 Å². The van der Waals surface area contributed by atoms with E-state index in [2.05, 4.69) is 9.97 Å². The van der Waals surface area contributed by atoms with E-state index in [0.29, 0.717) is 0 Å². The number of hydrogen-bond acceptors (Lipinski definition) is 2. The van der Waals surface area contributed by atoms with Gasteiger partial charge in [-0.15, -0.1) is 0 Å². The fraction of sp³-hybridized carbons (Fsp3) is 0.111. The predicted octanol–water partition coefficient (Wildman–Crippen LogP) is 2.28. The number of nitrogens with zero attached hydrogens (tertiary/aromatic N) is 1. The molecule has 0 atom stereocenters. The lowest BCUT2D eigenvalue weighted by molar-refractivity contribution is -0.139. The maximum atomic E-state index is 12.6. The molecule has 0 aromatic carbocycles. The van der Waals surface area contributed by atoms with Gasteiger partial charge in [-0.05, 0) is 6.07 Å². The number of carboxylic acid groups (broad SMARTS) is 1. The maximum absolute atomic E-state index is 12.6. The van der Waals surface area contributed by atoms with Crippen molar-refractivity contribution in [2.24, 2.45) is 0 Å². The first kappa shape index (κ1) is 10.5. The van der Waals surface area contributed by atoms with Crippen molar-refractivity contribution in [2.75, 3.05) is 0 Å². The number of rotatable bonds is 1. The summed E-state index contributed by atoms with van der Waals surface area (Å²) in [5, 5.41) is 8.33. The van der Waals surface area contributed by atoms with Crippen molar-refractivity contribution >= 4 is 16.9 Å². The Bertz CT molecular complexity index is 559. The maximum Gasteiger partial charge on any atom is 0.434 e. The van der Waals surface area contributed by atoms with Crippen LogP contribution in [0.2, 0.25) is 0 Å². The Balaban J connectivity index is 2.84. The molecule has 2 rings (SSSR count). The molecule has 2 aromatic heterocycles. The average molecular weight is 230 g/mol. The Morgan fingerprint density at radius 2 is 2.12 bits per heavy atom. The molecule has 0 unspecified atom stereocenters. The number of aromatic carboxylic acids is 1. The van der Waals surface area contributed by atoms with Crippen molar-refractivity contribution in [3.63, 3.8) is 0 Å². The van der Waals surface area contributed by atoms with E-state index >= 15 is 0 Å². The number of halogens is 3. The van der Waals surface area contributed by atoms with Gasteiger partial charge in [-0.2, -0.15) is 13.2 Å². The van der Waals surface area contributed by atoms with Crippen LogP contribution in [0.3, 0.4) is 0 Å². The quantitative estimate of drug-likeness (QED) is 0.789. The zero-order chi connectivity index (χ0) is 11.9. The number of alkyl halides is 3. The monoisotopic (exact) mass is 230 g/mol. The minimum Gasteiger partial charge on any atom is -0.478 e. The van der Waals surface area contributed by atoms with Crippen molar-refractivity contribution in [2.45, 2.75) is 6.18 Å². The molecule has 0 aliphatic heterocycles. The highest BCUT2D eigenvalue weighted by atomic mass is 19.4. The SMILES string of the molecule is O=C(O)c1c[nH]c2ccnc(C(F)(F)F)c12. The molecule has 0 radical (unpaired) electrons. The van der Waals surface area contributed by atoms with Gasteiger partial charge in [0, 0.05) is 23.3 Å². The van der Waals surface area contributed by atoms with Crippen molar-refractivity contribution < 1.29 is 23.1 Å². The van der Waals surface area contributed by atoms with Gasteiger partial charge in [0.1, 0.15) is 0 Å². The summed E-state index contributed by atoms with van der Waals surface area (Å²) in [5.74, 6) is -1.43. The fourth-order valence-corrected chi connectivity index (χ4v) is 1.46. The minimum absolute atomic E-state index is 0.0970. The molecule has 2 heterocycles. The molecule has 0 aliphatic carbocycles. The highest BCUT2D eigenvalue weighted by Gasteiger charge is 2.36. The molecule has 84 valence electrons. The van der Waals surface area contributed by atoms with Crippen molar-refractivity contribution in [3.8, 4) is 0 Å². The number of carboxylic acids is 1. The predicted molar refractivity (Wildman–Crippen MR) is 48.1 cm³/mol. The first-order valence-electron chi connectivity index (χ1n) is 4.18. The van der Waals surface area contributed by atoms with E-state index in [0.717, 1.165) is 12.4 Å². The van der Waals surface area contributed by atoms with Gasteiger partial charge in [0.2, 0.25) is 0 Å². The van der Waals surface area contributed by atoms with Gasteiger partial charge < -0.3 is 10.1 Å². The first-order valence-corrected chi connectivity index (χ1v) is 4.18. The highest BCUT2D eigenvalue weighted by Crippen LogP contribution is 2.34. The van der Waals surface area contributed by atoms with E-state index in [1.807, 2.05) is 0 Å². The molecule has 0 bridgehead atoms. The van der Waals surface area contributed by atoms with E-state index in [1.54, 1.807) is 0 Å². The zero-order valence-electron chi connectivity index (χ0n) is 7.67. The zero-order valence-corrected chi connectivity index (χ0v) is 7.67. The van der Waals surface area contributed by atoms with Crippen LogP contribution in [0.15, 0.2) is 18.5 Å². The van der Waals surface area contributed by atoms with Gasteiger partial charge in [-0.25, -0.2) is 4.79 Å². The van der Waals surface area contributed by atoms with E-state index in [1.165, 1.54) is 6.07 Å². The molecule has 0 amide bonds. The number of nitrogens with one attached hydrogen (secondary N) is 1. The molecule has 0 saturated carbocycles. The second-order valence-corrected chi connectivity index (χ2v) is 3.09. The summed E-state index contributed by atoms with van der Waals surface area (Å²) in [6.07, 6.45) is -2.68. The second-order valence-electron chi connectivity index (χ2n) is 3.09. The van der Waals surface area contributed by atoms with E-state index < -0.39 is 28.8 Å². The van der Waals surface area contributed by atoms with Gasteiger partial charge in [0.15, 0.2) is 5.69 Å². The third-order valence-electron chi connectivity index (χ3n) is 2.09. The summed E-state index contributed by atoms with van der Waals surface area (Å²) >= 11 is 0. The van der Waals surface area contributed by atoms with Gasteiger partial charge >= 0.3 is 12.1 Å². The summed E-state index contributed by atoms with van der Waals surface area (Å²) in [6.45, 7) is 0. The Hall–Kier alpha value is -2.05. The molecule has 0 spiro atoms. The van der Waals surface area contributed by atoms with Gasteiger partial charge in [0.25, 0.3) is 0 Å². The normalized spacial score (nSPS) is 11.9. The van der Waals surface area contributed by atoms with Crippen molar-refractivity contribution in [1.82, 2.24) is 9.97 Å². The van der Waals surface area contributed by atoms with E-state index in [9.17, 15) is 18.0 Å². The molecule has 0 fully saturated rings. The van der Waals surface area contributed by atoms with Crippen molar-refractivity contribution in [1.29, 1.82) is 0 Å². The number of aromatic amines is 1. The summed E-state index contributed by atoms with van der Waals surface area (Å²) in [4.78, 5) is 16.4. The number of carbonyl (C=O) groups is 1. The molecule has 4 nitrogen and oxygen atoms in total. The van der Waals surface area contributed by atoms with E-state index in [-0.39, 0.29) is 5.52 Å². The smallest absolute Gasteiger partial charge is 0.434 e. The van der Waals surface area contributed by atoms with E-state index in [4.69, 9.17) is 5.11 Å². The number of hydrogen-bond donors (Lipinski definition) is 2. The van der Waals surface area contributed by atoms with Crippen LogP contribution in [0, 0.1) is 0 Å². The van der Waals surface area contributed by atoms with Gasteiger partial charge in [-0.3, -0.25) is 4.98 Å². The highest BCUT2D eigenvalue weighted by molar-refractivity contribution is 6.04. The Morgan fingerprint density at radius 1 is 1.44 bits per heavy atom. The number of pyridine rings is 1. The number of fused-ring (bicyclic) bond motifs is 1. The lowest BCUT2D eigenvalue weighted by Crippen LogP contribution is -2.09. The number of H-pyrrole nitrogens is 1. The second kappa shape index (κ2) is 3.22. The molecule has 0 saturated heterocycles. The van der Waals surface area contributed by atoms with Crippen LogP contribution in [0.5, 0.6) is 0 Å². The first-order chi connectivity index (χ1) is 7.41. The standard InChI is InChI=1S/C9H5F3N2O2/c10-9(11,12)7-6-4(8(15)16)3-14-5(6)1-2-13-7/h1-3,14H,(H,15,16). The third-order valence-corrected chi connectivity index (χ3v) is 2.09. The molecule has 7 heteroatoms. The Morgan fingerprint density at radius 3 is 2.69 bits per heavy atom. The van der Waals surface area contributed by atoms with Crippen LogP contribution in [-0.4, -0.2) is 21.0 Å². The summed E-state index contributed by atoms with van der Waals surface area (Å²) in [5.41, 5.74) is -1.53. The van der Waals surface area contributed by atoms with Crippen LogP contribution < -0.4 is 0 Å². The van der Waals surface area contributed by atoms with Gasteiger partial charge in [-0.1, -0.05) is 0 Å². The Kier molecular flexibility index (Phi) is 2.11. The van der Waals surface area contributed by atoms with Gasteiger partial charge in [0.05, 0.1) is 5.56 Å². The lowest BCUT2D eigenvalue weighted by Gasteiger charge is -2.06. The summed E-state index contributed by atoms with van der Waals surface area (Å²) in [6, 6.07) is 1.29. The van der Waals surface area contributed by atoms with Crippen LogP contribution >= 0.6 is 0 Å². The van der Waals surface area contributed by atoms with Crippen LogP contribution in [0.4, 0.5) is 13.2 Å². The summed E-state index contributed by atoms with van der Waals surface area (Å²) in [7, 11) is 0. The molecule has 16 heavy (non-hydrogen) atoms. The average Bonchev–Trinajstić information content (AvgIpc) is 2.58. The third kappa shape index (κ3) is 1.50. The fourth-order valence-electron chi connectivity index (χ4n) is 1.46. The molecule has 2 N–H and O–H groups in total. The number of aromatic nitrogens is 2. The van der Waals surface area contributed by atoms with Crippen LogP contribution in [-0.2, 0) is 6.18 Å².